The molecular formula is C23H26N4. The molecule has 2 aromatic heterocycles. The van der Waals surface area contributed by atoms with Gasteiger partial charge in [-0.15, -0.1) is 0 Å². The van der Waals surface area contributed by atoms with Crippen LogP contribution in [-0.4, -0.2) is 28.0 Å². The minimum absolute atomic E-state index is 0.662. The lowest BCUT2D eigenvalue weighted by Crippen LogP contribution is -2.34. The van der Waals surface area contributed by atoms with Crippen LogP contribution in [0.15, 0.2) is 60.9 Å². The molecule has 0 aliphatic carbocycles. The number of aryl methyl sites for hydroxylation is 1. The minimum Gasteiger partial charge on any atom is -0.371 e. The average Bonchev–Trinajstić information content (AvgIpc) is 2.70. The molecule has 0 radical (unpaired) electrons. The van der Waals surface area contributed by atoms with Gasteiger partial charge in [0.05, 0.1) is 0 Å². The van der Waals surface area contributed by atoms with Crippen LogP contribution in [0.2, 0.25) is 0 Å². The van der Waals surface area contributed by atoms with E-state index >= 15 is 0 Å². The summed E-state index contributed by atoms with van der Waals surface area (Å²) in [5.41, 5.74) is 4.77. The maximum atomic E-state index is 4.87. The summed E-state index contributed by atoms with van der Waals surface area (Å²) in [5, 5.41) is 0. The largest absolute Gasteiger partial charge is 0.371 e. The zero-order valence-electron chi connectivity index (χ0n) is 15.9. The predicted molar refractivity (Wildman–Crippen MR) is 109 cm³/mol. The first kappa shape index (κ1) is 17.7. The van der Waals surface area contributed by atoms with Gasteiger partial charge in [-0.1, -0.05) is 30.3 Å². The highest BCUT2D eigenvalue weighted by atomic mass is 15.1. The first-order valence-electron chi connectivity index (χ1n) is 9.78. The molecule has 0 bridgehead atoms. The third kappa shape index (κ3) is 4.70. The van der Waals surface area contributed by atoms with Crippen molar-refractivity contribution in [3.63, 3.8) is 0 Å². The number of pyridine rings is 1. The highest BCUT2D eigenvalue weighted by molar-refractivity contribution is 5.44. The van der Waals surface area contributed by atoms with E-state index in [1.165, 1.54) is 24.1 Å². The lowest BCUT2D eigenvalue weighted by atomic mass is 9.93. The van der Waals surface area contributed by atoms with Gasteiger partial charge in [-0.05, 0) is 49.4 Å². The van der Waals surface area contributed by atoms with E-state index in [1.54, 1.807) is 0 Å². The molecule has 4 rings (SSSR count). The molecule has 0 N–H and O–H groups in total. The molecule has 1 aliphatic heterocycles. The third-order valence-corrected chi connectivity index (χ3v) is 5.30. The van der Waals surface area contributed by atoms with Crippen LogP contribution in [0.3, 0.4) is 0 Å². The van der Waals surface area contributed by atoms with Gasteiger partial charge in [-0.3, -0.25) is 4.98 Å². The summed E-state index contributed by atoms with van der Waals surface area (Å²) >= 11 is 0. The number of piperidine rings is 1. The summed E-state index contributed by atoms with van der Waals surface area (Å²) in [5.74, 6) is 1.66. The summed E-state index contributed by atoms with van der Waals surface area (Å²) in [7, 11) is 0. The Hall–Kier alpha value is -2.75. The molecule has 3 heterocycles. The Labute approximate surface area is 161 Å². The highest BCUT2D eigenvalue weighted by Crippen LogP contribution is 2.25. The zero-order valence-corrected chi connectivity index (χ0v) is 15.9. The fourth-order valence-electron chi connectivity index (χ4n) is 3.90. The fraction of sp³-hybridized carbons (Fsp3) is 0.348. The van der Waals surface area contributed by atoms with Crippen LogP contribution in [-0.2, 0) is 12.8 Å². The molecule has 0 atom stereocenters. The number of benzene rings is 1. The van der Waals surface area contributed by atoms with Gasteiger partial charge in [-0.25, -0.2) is 9.97 Å². The van der Waals surface area contributed by atoms with Gasteiger partial charge >= 0.3 is 0 Å². The standard InChI is InChI=1S/C23H26N4/c1-18-15-21(16-19-5-3-2-4-6-19)26-23(25-18)17-20-9-13-27(14-10-20)22-7-11-24-12-8-22/h2-8,11-12,15,20H,9-10,13-14,16-17H2,1H3. The van der Waals surface area contributed by atoms with Crippen LogP contribution in [0.4, 0.5) is 5.69 Å². The first-order chi connectivity index (χ1) is 13.3. The topological polar surface area (TPSA) is 41.9 Å². The third-order valence-electron chi connectivity index (χ3n) is 5.30. The molecule has 1 saturated heterocycles. The summed E-state index contributed by atoms with van der Waals surface area (Å²) in [6.07, 6.45) is 7.97. The van der Waals surface area contributed by atoms with Gasteiger partial charge in [0.2, 0.25) is 0 Å². The number of hydrogen-bond acceptors (Lipinski definition) is 4. The van der Waals surface area contributed by atoms with Crippen LogP contribution in [0.1, 0.15) is 35.6 Å². The second-order valence-corrected chi connectivity index (χ2v) is 7.42. The van der Waals surface area contributed by atoms with Crippen LogP contribution < -0.4 is 4.90 Å². The van der Waals surface area contributed by atoms with E-state index in [2.05, 4.69) is 65.3 Å². The van der Waals surface area contributed by atoms with Gasteiger partial charge in [-0.2, -0.15) is 0 Å². The molecule has 27 heavy (non-hydrogen) atoms. The second kappa shape index (κ2) is 8.30. The maximum Gasteiger partial charge on any atom is 0.129 e. The predicted octanol–water partition coefficient (Wildman–Crippen LogP) is 4.23. The Morgan fingerprint density at radius 2 is 1.70 bits per heavy atom. The van der Waals surface area contributed by atoms with Crippen molar-refractivity contribution < 1.29 is 0 Å². The molecule has 0 unspecified atom stereocenters. The van der Waals surface area contributed by atoms with Crippen molar-refractivity contribution >= 4 is 5.69 Å². The van der Waals surface area contributed by atoms with E-state index in [9.17, 15) is 0 Å². The molecular weight excluding hydrogens is 332 g/mol. The summed E-state index contributed by atoms with van der Waals surface area (Å²) in [6, 6.07) is 16.8. The Balaban J connectivity index is 1.38. The Kier molecular flexibility index (Phi) is 5.42. The number of rotatable bonds is 5. The maximum absolute atomic E-state index is 4.87. The van der Waals surface area contributed by atoms with Crippen molar-refractivity contribution in [2.24, 2.45) is 5.92 Å². The zero-order chi connectivity index (χ0) is 18.5. The molecule has 1 aliphatic rings. The van der Waals surface area contributed by atoms with Crippen LogP contribution in [0.5, 0.6) is 0 Å². The summed E-state index contributed by atoms with van der Waals surface area (Å²) < 4.78 is 0. The van der Waals surface area contributed by atoms with E-state index in [0.717, 1.165) is 43.1 Å². The summed E-state index contributed by atoms with van der Waals surface area (Å²) in [4.78, 5) is 16.1. The van der Waals surface area contributed by atoms with Gasteiger partial charge in [0.25, 0.3) is 0 Å². The van der Waals surface area contributed by atoms with Gasteiger partial charge in [0.1, 0.15) is 5.82 Å². The second-order valence-electron chi connectivity index (χ2n) is 7.42. The van der Waals surface area contributed by atoms with E-state index in [1.807, 2.05) is 12.4 Å². The van der Waals surface area contributed by atoms with Gasteiger partial charge < -0.3 is 4.90 Å². The Morgan fingerprint density at radius 3 is 2.44 bits per heavy atom. The molecule has 0 saturated carbocycles. The van der Waals surface area contributed by atoms with E-state index in [0.29, 0.717) is 5.92 Å². The normalized spacial score (nSPS) is 15.1. The Bertz CT molecular complexity index is 856. The van der Waals surface area contributed by atoms with Crippen molar-refractivity contribution in [1.82, 2.24) is 15.0 Å². The Morgan fingerprint density at radius 1 is 0.963 bits per heavy atom. The minimum atomic E-state index is 0.662. The highest BCUT2D eigenvalue weighted by Gasteiger charge is 2.21. The molecule has 0 amide bonds. The van der Waals surface area contributed by atoms with Gasteiger partial charge in [0.15, 0.2) is 0 Å². The van der Waals surface area contributed by atoms with Crippen molar-refractivity contribution in [3.05, 3.63) is 83.7 Å². The van der Waals surface area contributed by atoms with E-state index < -0.39 is 0 Å². The van der Waals surface area contributed by atoms with Crippen molar-refractivity contribution in [1.29, 1.82) is 0 Å². The molecule has 1 fully saturated rings. The van der Waals surface area contributed by atoms with Crippen molar-refractivity contribution in [2.45, 2.75) is 32.6 Å². The molecule has 1 aromatic carbocycles. The number of nitrogens with zero attached hydrogens (tertiary/aromatic N) is 4. The molecule has 0 spiro atoms. The fourth-order valence-corrected chi connectivity index (χ4v) is 3.90. The van der Waals surface area contributed by atoms with Crippen LogP contribution >= 0.6 is 0 Å². The van der Waals surface area contributed by atoms with Crippen molar-refractivity contribution in [3.8, 4) is 0 Å². The molecule has 3 aromatic rings. The molecule has 4 nitrogen and oxygen atoms in total. The number of anilines is 1. The number of aromatic nitrogens is 3. The first-order valence-corrected chi connectivity index (χ1v) is 9.78. The van der Waals surface area contributed by atoms with Crippen LogP contribution in [0.25, 0.3) is 0 Å². The SMILES string of the molecule is Cc1cc(Cc2ccccc2)nc(CC2CCN(c3ccncc3)CC2)n1. The van der Waals surface area contributed by atoms with E-state index in [-0.39, 0.29) is 0 Å². The lowest BCUT2D eigenvalue weighted by Gasteiger charge is -2.33. The van der Waals surface area contributed by atoms with E-state index in [4.69, 9.17) is 9.97 Å². The van der Waals surface area contributed by atoms with Crippen LogP contribution in [0, 0.1) is 12.8 Å². The molecule has 4 heteroatoms. The number of hydrogen-bond donors (Lipinski definition) is 0. The monoisotopic (exact) mass is 358 g/mol. The quantitative estimate of drug-likeness (QED) is 0.684. The van der Waals surface area contributed by atoms with Gasteiger partial charge in [0, 0.05) is 55.4 Å². The van der Waals surface area contributed by atoms with Crippen molar-refractivity contribution in [2.75, 3.05) is 18.0 Å². The molecule has 138 valence electrons. The smallest absolute Gasteiger partial charge is 0.129 e. The average molecular weight is 358 g/mol. The summed E-state index contributed by atoms with van der Waals surface area (Å²) in [6.45, 7) is 4.26. The lowest BCUT2D eigenvalue weighted by molar-refractivity contribution is 0.396.